The predicted molar refractivity (Wildman–Crippen MR) is 73.3 cm³/mol. The first-order valence-corrected chi connectivity index (χ1v) is 7.56. The SMILES string of the molecule is CSCCC(=O)N[C@@H]1CCCc2ccccc21. The molecule has 0 heterocycles. The zero-order valence-electron chi connectivity index (χ0n) is 10.2. The third-order valence-corrected chi connectivity index (χ3v) is 3.85. The first-order valence-electron chi connectivity index (χ1n) is 6.17. The highest BCUT2D eigenvalue weighted by Crippen LogP contribution is 2.29. The number of aryl methyl sites for hydroxylation is 1. The van der Waals surface area contributed by atoms with Gasteiger partial charge in [-0.15, -0.1) is 0 Å². The zero-order valence-corrected chi connectivity index (χ0v) is 11.1. The van der Waals surface area contributed by atoms with Gasteiger partial charge in [-0.3, -0.25) is 4.79 Å². The fourth-order valence-electron chi connectivity index (χ4n) is 2.37. The van der Waals surface area contributed by atoms with E-state index in [0.717, 1.165) is 18.6 Å². The van der Waals surface area contributed by atoms with E-state index in [2.05, 4.69) is 29.6 Å². The summed E-state index contributed by atoms with van der Waals surface area (Å²) in [4.78, 5) is 11.8. The molecule has 0 unspecified atom stereocenters. The molecule has 0 fully saturated rings. The van der Waals surface area contributed by atoms with Crippen LogP contribution in [0.4, 0.5) is 0 Å². The molecule has 1 N–H and O–H groups in total. The normalized spacial score (nSPS) is 18.5. The van der Waals surface area contributed by atoms with Crippen molar-refractivity contribution in [1.82, 2.24) is 5.32 Å². The number of hydrogen-bond acceptors (Lipinski definition) is 2. The summed E-state index contributed by atoms with van der Waals surface area (Å²) in [5.74, 6) is 1.08. The van der Waals surface area contributed by atoms with Crippen molar-refractivity contribution in [1.29, 1.82) is 0 Å². The summed E-state index contributed by atoms with van der Waals surface area (Å²) in [7, 11) is 0. The van der Waals surface area contributed by atoms with Crippen LogP contribution in [0.3, 0.4) is 0 Å². The Morgan fingerprint density at radius 2 is 2.29 bits per heavy atom. The topological polar surface area (TPSA) is 29.1 Å². The van der Waals surface area contributed by atoms with E-state index in [4.69, 9.17) is 0 Å². The number of amides is 1. The molecule has 1 amide bonds. The maximum Gasteiger partial charge on any atom is 0.221 e. The van der Waals surface area contributed by atoms with Gasteiger partial charge in [0.2, 0.25) is 5.91 Å². The van der Waals surface area contributed by atoms with Crippen LogP contribution in [-0.2, 0) is 11.2 Å². The van der Waals surface area contributed by atoms with Crippen molar-refractivity contribution < 1.29 is 4.79 Å². The number of carbonyl (C=O) groups excluding carboxylic acids is 1. The Hall–Kier alpha value is -0.960. The Balaban J connectivity index is 2.01. The quantitative estimate of drug-likeness (QED) is 0.889. The van der Waals surface area contributed by atoms with Crippen molar-refractivity contribution in [2.75, 3.05) is 12.0 Å². The van der Waals surface area contributed by atoms with Crippen LogP contribution in [0.5, 0.6) is 0 Å². The van der Waals surface area contributed by atoms with E-state index in [1.165, 1.54) is 17.5 Å². The number of rotatable bonds is 4. The summed E-state index contributed by atoms with van der Waals surface area (Å²) in [6, 6.07) is 8.69. The summed E-state index contributed by atoms with van der Waals surface area (Å²) < 4.78 is 0. The predicted octanol–water partition coefficient (Wildman–Crippen LogP) is 2.93. The molecule has 1 aromatic carbocycles. The third-order valence-electron chi connectivity index (χ3n) is 3.24. The Morgan fingerprint density at radius 3 is 3.12 bits per heavy atom. The molecule has 1 atom stereocenters. The molecule has 0 saturated heterocycles. The van der Waals surface area contributed by atoms with Crippen molar-refractivity contribution in [2.24, 2.45) is 0 Å². The number of nitrogens with one attached hydrogen (secondary N) is 1. The highest BCUT2D eigenvalue weighted by Gasteiger charge is 2.20. The second-order valence-electron chi connectivity index (χ2n) is 4.45. The van der Waals surface area contributed by atoms with Crippen molar-refractivity contribution in [2.45, 2.75) is 31.7 Å². The molecular formula is C14H19NOS. The van der Waals surface area contributed by atoms with Gasteiger partial charge in [-0.05, 0) is 36.6 Å². The molecule has 1 aliphatic rings. The lowest BCUT2D eigenvalue weighted by Crippen LogP contribution is -2.31. The second-order valence-corrected chi connectivity index (χ2v) is 5.44. The van der Waals surface area contributed by atoms with E-state index in [1.807, 2.05) is 6.26 Å². The fraction of sp³-hybridized carbons (Fsp3) is 0.500. The van der Waals surface area contributed by atoms with Crippen LogP contribution >= 0.6 is 11.8 Å². The van der Waals surface area contributed by atoms with Crippen LogP contribution in [-0.4, -0.2) is 17.9 Å². The molecule has 0 saturated carbocycles. The molecule has 0 aliphatic heterocycles. The summed E-state index contributed by atoms with van der Waals surface area (Å²) in [6.45, 7) is 0. The van der Waals surface area contributed by atoms with Gasteiger partial charge in [-0.1, -0.05) is 24.3 Å². The summed E-state index contributed by atoms with van der Waals surface area (Å²) in [6.07, 6.45) is 6.04. The lowest BCUT2D eigenvalue weighted by Gasteiger charge is -2.26. The summed E-state index contributed by atoms with van der Waals surface area (Å²) in [5.41, 5.74) is 2.71. The average molecular weight is 249 g/mol. The molecule has 0 radical (unpaired) electrons. The maximum absolute atomic E-state index is 11.8. The zero-order chi connectivity index (χ0) is 12.1. The number of thioether (sulfide) groups is 1. The Labute approximate surface area is 107 Å². The van der Waals surface area contributed by atoms with Crippen LogP contribution in [0, 0.1) is 0 Å². The molecule has 17 heavy (non-hydrogen) atoms. The largest absolute Gasteiger partial charge is 0.349 e. The van der Waals surface area contributed by atoms with Crippen molar-refractivity contribution in [3.63, 3.8) is 0 Å². The first-order chi connectivity index (χ1) is 8.31. The van der Waals surface area contributed by atoms with E-state index >= 15 is 0 Å². The minimum absolute atomic E-state index is 0.182. The molecular weight excluding hydrogens is 230 g/mol. The van der Waals surface area contributed by atoms with Gasteiger partial charge in [0.15, 0.2) is 0 Å². The van der Waals surface area contributed by atoms with E-state index in [9.17, 15) is 4.79 Å². The smallest absolute Gasteiger partial charge is 0.221 e. The molecule has 3 heteroatoms. The third kappa shape index (κ3) is 3.25. The van der Waals surface area contributed by atoms with Gasteiger partial charge in [-0.25, -0.2) is 0 Å². The maximum atomic E-state index is 11.8. The van der Waals surface area contributed by atoms with Crippen LogP contribution in [0.25, 0.3) is 0 Å². The van der Waals surface area contributed by atoms with Gasteiger partial charge in [0.05, 0.1) is 6.04 Å². The average Bonchev–Trinajstić information content (AvgIpc) is 2.37. The molecule has 1 aromatic rings. The number of carbonyl (C=O) groups is 1. The highest BCUT2D eigenvalue weighted by molar-refractivity contribution is 7.98. The van der Waals surface area contributed by atoms with E-state index in [-0.39, 0.29) is 11.9 Å². The highest BCUT2D eigenvalue weighted by atomic mass is 32.2. The van der Waals surface area contributed by atoms with Crippen LogP contribution < -0.4 is 5.32 Å². The van der Waals surface area contributed by atoms with Gasteiger partial charge in [0.1, 0.15) is 0 Å². The van der Waals surface area contributed by atoms with Gasteiger partial charge in [0, 0.05) is 12.2 Å². The number of benzene rings is 1. The number of hydrogen-bond donors (Lipinski definition) is 1. The Bertz CT molecular complexity index is 392. The van der Waals surface area contributed by atoms with Crippen molar-refractivity contribution in [3.05, 3.63) is 35.4 Å². The van der Waals surface area contributed by atoms with Gasteiger partial charge < -0.3 is 5.32 Å². The molecule has 2 nitrogen and oxygen atoms in total. The molecule has 0 spiro atoms. The lowest BCUT2D eigenvalue weighted by molar-refractivity contribution is -0.121. The van der Waals surface area contributed by atoms with Crippen molar-refractivity contribution in [3.8, 4) is 0 Å². The van der Waals surface area contributed by atoms with E-state index in [1.54, 1.807) is 11.8 Å². The first kappa shape index (κ1) is 12.5. The monoisotopic (exact) mass is 249 g/mol. The lowest BCUT2D eigenvalue weighted by atomic mass is 9.88. The second kappa shape index (κ2) is 6.10. The standard InChI is InChI=1S/C14H19NOS/c1-17-10-9-14(16)15-13-8-4-6-11-5-2-3-7-12(11)13/h2-3,5,7,13H,4,6,8-10H2,1H3,(H,15,16)/t13-/m1/s1. The van der Waals surface area contributed by atoms with Crippen LogP contribution in [0.1, 0.15) is 36.4 Å². The fourth-order valence-corrected chi connectivity index (χ4v) is 2.75. The van der Waals surface area contributed by atoms with Crippen molar-refractivity contribution >= 4 is 17.7 Å². The Kier molecular flexibility index (Phi) is 4.49. The minimum Gasteiger partial charge on any atom is -0.349 e. The van der Waals surface area contributed by atoms with Gasteiger partial charge in [0.25, 0.3) is 0 Å². The van der Waals surface area contributed by atoms with E-state index < -0.39 is 0 Å². The van der Waals surface area contributed by atoms with Gasteiger partial charge in [-0.2, -0.15) is 11.8 Å². The van der Waals surface area contributed by atoms with E-state index in [0.29, 0.717) is 6.42 Å². The molecule has 0 bridgehead atoms. The summed E-state index contributed by atoms with van der Waals surface area (Å²) >= 11 is 1.72. The van der Waals surface area contributed by atoms with Gasteiger partial charge >= 0.3 is 0 Å². The molecule has 1 aliphatic carbocycles. The number of fused-ring (bicyclic) bond motifs is 1. The summed E-state index contributed by atoms with van der Waals surface area (Å²) in [5, 5.41) is 3.16. The molecule has 2 rings (SSSR count). The van der Waals surface area contributed by atoms with Crippen LogP contribution in [0.15, 0.2) is 24.3 Å². The Morgan fingerprint density at radius 1 is 1.47 bits per heavy atom. The molecule has 92 valence electrons. The molecule has 0 aromatic heterocycles. The minimum atomic E-state index is 0.182. The van der Waals surface area contributed by atoms with Crippen LogP contribution in [0.2, 0.25) is 0 Å².